The molecule has 0 saturated carbocycles. The summed E-state index contributed by atoms with van der Waals surface area (Å²) in [5.41, 5.74) is -0.103. The Morgan fingerprint density at radius 2 is 2.40 bits per heavy atom. The number of hydrogen-bond acceptors (Lipinski definition) is 5. The molecule has 20 heavy (non-hydrogen) atoms. The van der Waals surface area contributed by atoms with Crippen molar-refractivity contribution in [2.24, 2.45) is 0 Å². The Balaban J connectivity index is 1.97. The van der Waals surface area contributed by atoms with Crippen molar-refractivity contribution in [2.45, 2.75) is 25.9 Å². The third-order valence-electron chi connectivity index (χ3n) is 2.85. The second-order valence-corrected chi connectivity index (χ2v) is 5.45. The smallest absolute Gasteiger partial charge is 0.262 e. The van der Waals surface area contributed by atoms with Gasteiger partial charge in [0.05, 0.1) is 18.3 Å². The summed E-state index contributed by atoms with van der Waals surface area (Å²) in [5, 5.41) is 5.24. The van der Waals surface area contributed by atoms with Crippen LogP contribution in [0.25, 0.3) is 10.2 Å². The number of nitrogens with zero attached hydrogens (tertiary/aromatic N) is 2. The first-order chi connectivity index (χ1) is 9.61. The van der Waals surface area contributed by atoms with Crippen LogP contribution < -0.4 is 10.9 Å². The van der Waals surface area contributed by atoms with E-state index < -0.39 is 0 Å². The fourth-order valence-corrected chi connectivity index (χ4v) is 2.64. The van der Waals surface area contributed by atoms with E-state index in [-0.39, 0.29) is 23.9 Å². The zero-order valence-electron chi connectivity index (χ0n) is 11.5. The van der Waals surface area contributed by atoms with Crippen LogP contribution in [0.15, 0.2) is 22.6 Å². The number of aryl methyl sites for hydroxylation is 1. The summed E-state index contributed by atoms with van der Waals surface area (Å²) in [6.45, 7) is 2.66. The third-order valence-corrected chi connectivity index (χ3v) is 3.68. The van der Waals surface area contributed by atoms with Gasteiger partial charge >= 0.3 is 0 Å². The number of amides is 1. The Morgan fingerprint density at radius 3 is 3.15 bits per heavy atom. The van der Waals surface area contributed by atoms with Gasteiger partial charge in [0.15, 0.2) is 0 Å². The average Bonchev–Trinajstić information content (AvgIpc) is 2.87. The minimum Gasteiger partial charge on any atom is -0.383 e. The number of rotatable bonds is 6. The summed E-state index contributed by atoms with van der Waals surface area (Å²) in [5.74, 6) is -0.105. The molecule has 0 bridgehead atoms. The van der Waals surface area contributed by atoms with Crippen LogP contribution in [0.5, 0.6) is 0 Å². The molecular weight excluding hydrogens is 278 g/mol. The lowest BCUT2D eigenvalue weighted by atomic mass is 10.3. The number of nitrogens with one attached hydrogen (secondary N) is 1. The van der Waals surface area contributed by atoms with Gasteiger partial charge in [-0.25, -0.2) is 4.98 Å². The van der Waals surface area contributed by atoms with Gasteiger partial charge in [-0.05, 0) is 18.4 Å². The summed E-state index contributed by atoms with van der Waals surface area (Å²) < 4.78 is 6.41. The highest BCUT2D eigenvalue weighted by molar-refractivity contribution is 7.16. The number of aromatic nitrogens is 2. The van der Waals surface area contributed by atoms with Crippen molar-refractivity contribution < 1.29 is 9.53 Å². The minimum absolute atomic E-state index is 0.0401. The molecule has 0 aromatic carbocycles. The molecule has 0 saturated heterocycles. The van der Waals surface area contributed by atoms with Crippen LogP contribution in [0.3, 0.4) is 0 Å². The highest BCUT2D eigenvalue weighted by Crippen LogP contribution is 2.13. The first kappa shape index (κ1) is 14.7. The van der Waals surface area contributed by atoms with Crippen molar-refractivity contribution in [3.8, 4) is 0 Å². The van der Waals surface area contributed by atoms with Gasteiger partial charge in [0.25, 0.3) is 5.56 Å². The second kappa shape index (κ2) is 6.62. The van der Waals surface area contributed by atoms with Crippen LogP contribution in [0.1, 0.15) is 13.3 Å². The maximum Gasteiger partial charge on any atom is 0.262 e. The summed E-state index contributed by atoms with van der Waals surface area (Å²) in [6.07, 6.45) is 1.73. The minimum atomic E-state index is -0.105. The highest BCUT2D eigenvalue weighted by atomic mass is 32.1. The molecule has 0 aliphatic heterocycles. The van der Waals surface area contributed by atoms with Crippen LogP contribution in [0, 0.1) is 0 Å². The summed E-state index contributed by atoms with van der Waals surface area (Å²) in [6, 6.07) is 1.72. The number of fused-ring (bicyclic) bond motifs is 1. The van der Waals surface area contributed by atoms with Gasteiger partial charge in [-0.2, -0.15) is 0 Å². The molecule has 0 aliphatic rings. The van der Waals surface area contributed by atoms with Crippen LogP contribution in [-0.2, 0) is 16.1 Å². The van der Waals surface area contributed by atoms with Gasteiger partial charge in [0.2, 0.25) is 5.91 Å². The van der Waals surface area contributed by atoms with Gasteiger partial charge in [-0.15, -0.1) is 11.3 Å². The van der Waals surface area contributed by atoms with Crippen molar-refractivity contribution in [3.63, 3.8) is 0 Å². The van der Waals surface area contributed by atoms with Gasteiger partial charge in [0.1, 0.15) is 4.83 Å². The molecule has 0 aliphatic carbocycles. The standard InChI is InChI=1S/C13H17N3O3S/c1-9(7-19-2)15-11(17)3-5-16-8-14-12-10(13(16)18)4-6-20-12/h4,6,8-9H,3,5,7H2,1-2H3,(H,15,17)/t9-/m0/s1. The molecule has 2 aromatic rings. The lowest BCUT2D eigenvalue weighted by Crippen LogP contribution is -2.36. The summed E-state index contributed by atoms with van der Waals surface area (Å²) in [4.78, 5) is 28.8. The predicted octanol–water partition coefficient (Wildman–Crippen LogP) is 0.999. The van der Waals surface area contributed by atoms with E-state index in [1.165, 1.54) is 22.2 Å². The van der Waals surface area contributed by atoms with E-state index in [1.807, 2.05) is 12.3 Å². The van der Waals surface area contributed by atoms with Crippen LogP contribution >= 0.6 is 11.3 Å². The van der Waals surface area contributed by atoms with Crippen LogP contribution in [0.2, 0.25) is 0 Å². The number of ether oxygens (including phenoxy) is 1. The molecule has 2 aromatic heterocycles. The molecule has 7 heteroatoms. The van der Waals surface area contributed by atoms with Crippen molar-refractivity contribution in [3.05, 3.63) is 28.1 Å². The fourth-order valence-electron chi connectivity index (χ4n) is 1.91. The Bertz CT molecular complexity index is 650. The van der Waals surface area contributed by atoms with E-state index in [1.54, 1.807) is 13.2 Å². The zero-order chi connectivity index (χ0) is 14.5. The Hall–Kier alpha value is -1.73. The molecule has 1 amide bonds. The van der Waals surface area contributed by atoms with Gasteiger partial charge < -0.3 is 10.1 Å². The molecule has 6 nitrogen and oxygen atoms in total. The zero-order valence-corrected chi connectivity index (χ0v) is 12.3. The SMILES string of the molecule is COC[C@H](C)NC(=O)CCn1cnc2sccc2c1=O. The molecule has 0 fully saturated rings. The van der Waals surface area contributed by atoms with Crippen molar-refractivity contribution in [1.82, 2.24) is 14.9 Å². The maximum absolute atomic E-state index is 12.1. The third kappa shape index (κ3) is 3.43. The van der Waals surface area contributed by atoms with Gasteiger partial charge in [0, 0.05) is 26.1 Å². The predicted molar refractivity (Wildman–Crippen MR) is 78.0 cm³/mol. The Labute approximate surface area is 120 Å². The normalized spacial score (nSPS) is 12.5. The number of thiophene rings is 1. The lowest BCUT2D eigenvalue weighted by molar-refractivity contribution is -0.122. The number of carbonyl (C=O) groups excluding carboxylic acids is 1. The van der Waals surface area contributed by atoms with E-state index in [4.69, 9.17) is 4.74 Å². The van der Waals surface area contributed by atoms with Crippen molar-refractivity contribution in [1.29, 1.82) is 0 Å². The molecule has 0 radical (unpaired) electrons. The first-order valence-corrected chi connectivity index (χ1v) is 7.20. The molecule has 0 unspecified atom stereocenters. The first-order valence-electron chi connectivity index (χ1n) is 6.32. The largest absolute Gasteiger partial charge is 0.383 e. The van der Waals surface area contributed by atoms with Crippen LogP contribution in [-0.4, -0.2) is 35.2 Å². The lowest BCUT2D eigenvalue weighted by Gasteiger charge is -2.12. The Kier molecular flexibility index (Phi) is 4.86. The average molecular weight is 295 g/mol. The van der Waals surface area contributed by atoms with Gasteiger partial charge in [-0.3, -0.25) is 14.2 Å². The van der Waals surface area contributed by atoms with E-state index in [9.17, 15) is 9.59 Å². The molecule has 0 spiro atoms. The molecule has 108 valence electrons. The van der Waals surface area contributed by atoms with Crippen molar-refractivity contribution >= 4 is 27.5 Å². The summed E-state index contributed by atoms with van der Waals surface area (Å²) >= 11 is 1.43. The molecule has 2 heterocycles. The number of carbonyl (C=O) groups is 1. The molecule has 1 N–H and O–H groups in total. The number of hydrogen-bond donors (Lipinski definition) is 1. The topological polar surface area (TPSA) is 73.2 Å². The van der Waals surface area contributed by atoms with E-state index in [0.29, 0.717) is 18.5 Å². The summed E-state index contributed by atoms with van der Waals surface area (Å²) in [7, 11) is 1.59. The monoisotopic (exact) mass is 295 g/mol. The van der Waals surface area contributed by atoms with Crippen molar-refractivity contribution in [2.75, 3.05) is 13.7 Å². The van der Waals surface area contributed by atoms with Gasteiger partial charge in [-0.1, -0.05) is 0 Å². The second-order valence-electron chi connectivity index (χ2n) is 4.56. The van der Waals surface area contributed by atoms with Crippen LogP contribution in [0.4, 0.5) is 0 Å². The quantitative estimate of drug-likeness (QED) is 0.863. The molecular formula is C13H17N3O3S. The molecule has 2 rings (SSSR count). The van der Waals surface area contributed by atoms with E-state index >= 15 is 0 Å². The highest BCUT2D eigenvalue weighted by Gasteiger charge is 2.09. The van der Waals surface area contributed by atoms with E-state index in [2.05, 4.69) is 10.3 Å². The number of methoxy groups -OCH3 is 1. The fraction of sp³-hybridized carbons (Fsp3) is 0.462. The van der Waals surface area contributed by atoms with E-state index in [0.717, 1.165) is 4.83 Å². The maximum atomic E-state index is 12.1. The molecule has 1 atom stereocenters. The Morgan fingerprint density at radius 1 is 1.60 bits per heavy atom.